The third kappa shape index (κ3) is 2.37. The van der Waals surface area contributed by atoms with E-state index in [-0.39, 0.29) is 24.2 Å². The maximum absolute atomic E-state index is 13.4. The average Bonchev–Trinajstić information content (AvgIpc) is 2.27. The summed E-state index contributed by atoms with van der Waals surface area (Å²) in [6.45, 7) is 0.126. The fourth-order valence-electron chi connectivity index (χ4n) is 2.22. The number of benzene rings is 1. The van der Waals surface area contributed by atoms with Crippen molar-refractivity contribution in [2.45, 2.75) is 18.8 Å². The molecule has 0 bridgehead atoms. The summed E-state index contributed by atoms with van der Waals surface area (Å²) >= 11 is 0. The third-order valence-corrected chi connectivity index (χ3v) is 3.08. The fourth-order valence-corrected chi connectivity index (χ4v) is 2.22. The molecule has 98 valence electrons. The predicted octanol–water partition coefficient (Wildman–Crippen LogP) is 1.60. The summed E-state index contributed by atoms with van der Waals surface area (Å²) in [5.41, 5.74) is 11.8. The van der Waals surface area contributed by atoms with Gasteiger partial charge in [-0.05, 0) is 18.6 Å². The van der Waals surface area contributed by atoms with Gasteiger partial charge in [-0.2, -0.15) is 0 Å². The molecule has 18 heavy (non-hydrogen) atoms. The number of para-hydroxylation sites is 1. The second-order valence-corrected chi connectivity index (χ2v) is 4.48. The Balaban J connectivity index is 2.34. The zero-order valence-corrected chi connectivity index (χ0v) is 9.83. The minimum Gasteiger partial charge on any atom is -0.396 e. The van der Waals surface area contributed by atoms with Crippen molar-refractivity contribution in [1.82, 2.24) is 0 Å². The average molecular weight is 255 g/mol. The Bertz CT molecular complexity index is 476. The Labute approximate surface area is 104 Å². The molecular weight excluding hydrogens is 240 g/mol. The van der Waals surface area contributed by atoms with Gasteiger partial charge in [-0.1, -0.05) is 6.07 Å². The lowest BCUT2D eigenvalue weighted by Gasteiger charge is -2.35. The molecule has 0 aliphatic carbocycles. The fraction of sp³-hybridized carbons (Fsp3) is 0.417. The number of anilines is 2. The number of halogens is 2. The number of amides is 1. The SMILES string of the molecule is NC(=O)c1cccc(N2CCCC(F)(F)C2)c1N. The van der Waals surface area contributed by atoms with Gasteiger partial charge < -0.3 is 16.4 Å². The molecule has 0 spiro atoms. The number of piperidine rings is 1. The number of rotatable bonds is 2. The Morgan fingerprint density at radius 3 is 2.72 bits per heavy atom. The van der Waals surface area contributed by atoms with E-state index in [2.05, 4.69) is 0 Å². The zero-order chi connectivity index (χ0) is 13.3. The first-order valence-electron chi connectivity index (χ1n) is 5.72. The molecular formula is C12H15F2N3O. The molecule has 1 aliphatic rings. The monoisotopic (exact) mass is 255 g/mol. The van der Waals surface area contributed by atoms with Crippen LogP contribution in [0.3, 0.4) is 0 Å². The molecule has 1 aliphatic heterocycles. The lowest BCUT2D eigenvalue weighted by atomic mass is 10.0. The van der Waals surface area contributed by atoms with Crippen molar-refractivity contribution in [3.63, 3.8) is 0 Å². The van der Waals surface area contributed by atoms with E-state index in [0.717, 1.165) is 0 Å². The first-order chi connectivity index (χ1) is 8.41. The molecule has 0 radical (unpaired) electrons. The number of nitrogen functional groups attached to an aromatic ring is 1. The molecule has 0 aromatic heterocycles. The lowest BCUT2D eigenvalue weighted by Crippen LogP contribution is -2.43. The second-order valence-electron chi connectivity index (χ2n) is 4.48. The normalized spacial score (nSPS) is 18.7. The van der Waals surface area contributed by atoms with Crippen LogP contribution in [0.1, 0.15) is 23.2 Å². The van der Waals surface area contributed by atoms with Gasteiger partial charge in [0.25, 0.3) is 11.8 Å². The molecule has 4 N–H and O–H groups in total. The van der Waals surface area contributed by atoms with Crippen molar-refractivity contribution in [1.29, 1.82) is 0 Å². The van der Waals surface area contributed by atoms with Gasteiger partial charge in [0, 0.05) is 13.0 Å². The molecule has 4 nitrogen and oxygen atoms in total. The van der Waals surface area contributed by atoms with Gasteiger partial charge in [0.2, 0.25) is 0 Å². The maximum Gasteiger partial charge on any atom is 0.265 e. The van der Waals surface area contributed by atoms with E-state index < -0.39 is 11.8 Å². The highest BCUT2D eigenvalue weighted by atomic mass is 19.3. The number of alkyl halides is 2. The first-order valence-corrected chi connectivity index (χ1v) is 5.72. The van der Waals surface area contributed by atoms with Crippen LogP contribution in [0.25, 0.3) is 0 Å². The summed E-state index contributed by atoms with van der Waals surface area (Å²) in [6, 6.07) is 4.71. The van der Waals surface area contributed by atoms with Crippen molar-refractivity contribution in [2.75, 3.05) is 23.7 Å². The number of nitrogens with two attached hydrogens (primary N) is 2. The van der Waals surface area contributed by atoms with Crippen molar-refractivity contribution < 1.29 is 13.6 Å². The lowest BCUT2D eigenvalue weighted by molar-refractivity contribution is -0.0116. The summed E-state index contributed by atoms with van der Waals surface area (Å²) in [4.78, 5) is 12.7. The van der Waals surface area contributed by atoms with E-state index in [4.69, 9.17) is 11.5 Å². The molecule has 0 atom stereocenters. The largest absolute Gasteiger partial charge is 0.396 e. The van der Waals surface area contributed by atoms with Gasteiger partial charge in [-0.3, -0.25) is 4.79 Å². The number of carbonyl (C=O) groups excluding carboxylic acids is 1. The number of nitrogens with zero attached hydrogens (tertiary/aromatic N) is 1. The molecule has 1 heterocycles. The quantitative estimate of drug-likeness (QED) is 0.788. The highest BCUT2D eigenvalue weighted by Crippen LogP contribution is 2.33. The van der Waals surface area contributed by atoms with Crippen LogP contribution in [0.2, 0.25) is 0 Å². The number of primary amides is 1. The van der Waals surface area contributed by atoms with Crippen molar-refractivity contribution in [3.8, 4) is 0 Å². The van der Waals surface area contributed by atoms with E-state index >= 15 is 0 Å². The predicted molar refractivity (Wildman–Crippen MR) is 65.8 cm³/mol. The molecule has 1 saturated heterocycles. The summed E-state index contributed by atoms with van der Waals surface area (Å²) < 4.78 is 26.7. The second kappa shape index (κ2) is 4.44. The Morgan fingerprint density at radius 2 is 2.11 bits per heavy atom. The van der Waals surface area contributed by atoms with E-state index in [1.165, 1.54) is 11.0 Å². The number of hydrogen-bond donors (Lipinski definition) is 2. The van der Waals surface area contributed by atoms with Gasteiger partial charge in [0.05, 0.1) is 23.5 Å². The van der Waals surface area contributed by atoms with Gasteiger partial charge in [-0.15, -0.1) is 0 Å². The van der Waals surface area contributed by atoms with Crippen LogP contribution in [-0.2, 0) is 0 Å². The van der Waals surface area contributed by atoms with E-state index in [1.54, 1.807) is 12.1 Å². The molecule has 0 saturated carbocycles. The molecule has 6 heteroatoms. The molecule has 1 aromatic rings. The number of hydrogen-bond acceptors (Lipinski definition) is 3. The Morgan fingerprint density at radius 1 is 1.39 bits per heavy atom. The standard InChI is InChI=1S/C12H15F2N3O/c13-12(14)5-2-6-17(7-12)9-4-1-3-8(10(9)15)11(16)18/h1,3-4H,2,5-7,15H2,(H2,16,18). The van der Waals surface area contributed by atoms with Crippen LogP contribution in [0.4, 0.5) is 20.2 Å². The van der Waals surface area contributed by atoms with Gasteiger partial charge in [0.1, 0.15) is 0 Å². The van der Waals surface area contributed by atoms with Crippen LogP contribution in [0.15, 0.2) is 18.2 Å². The van der Waals surface area contributed by atoms with Crippen LogP contribution in [0.5, 0.6) is 0 Å². The minimum atomic E-state index is -2.71. The van der Waals surface area contributed by atoms with Gasteiger partial charge >= 0.3 is 0 Å². The molecule has 1 fully saturated rings. The summed E-state index contributed by atoms with van der Waals surface area (Å²) in [6.07, 6.45) is 0.284. The maximum atomic E-state index is 13.4. The van der Waals surface area contributed by atoms with E-state index in [0.29, 0.717) is 18.7 Å². The summed E-state index contributed by atoms with van der Waals surface area (Å²) in [5, 5.41) is 0. The van der Waals surface area contributed by atoms with Crippen molar-refractivity contribution in [2.24, 2.45) is 5.73 Å². The van der Waals surface area contributed by atoms with Crippen molar-refractivity contribution >= 4 is 17.3 Å². The topological polar surface area (TPSA) is 72.4 Å². The molecule has 1 aromatic carbocycles. The highest BCUT2D eigenvalue weighted by molar-refractivity contribution is 6.00. The van der Waals surface area contributed by atoms with Crippen LogP contribution in [0, 0.1) is 0 Å². The van der Waals surface area contributed by atoms with E-state index in [9.17, 15) is 13.6 Å². The van der Waals surface area contributed by atoms with Gasteiger partial charge in [0.15, 0.2) is 0 Å². The molecule has 2 rings (SSSR count). The highest BCUT2D eigenvalue weighted by Gasteiger charge is 2.35. The van der Waals surface area contributed by atoms with Crippen LogP contribution >= 0.6 is 0 Å². The zero-order valence-electron chi connectivity index (χ0n) is 9.83. The smallest absolute Gasteiger partial charge is 0.265 e. The van der Waals surface area contributed by atoms with E-state index in [1.807, 2.05) is 0 Å². The Kier molecular flexibility index (Phi) is 3.11. The van der Waals surface area contributed by atoms with Crippen LogP contribution in [-0.4, -0.2) is 24.9 Å². The number of carbonyl (C=O) groups is 1. The third-order valence-electron chi connectivity index (χ3n) is 3.08. The minimum absolute atomic E-state index is 0.112. The Hall–Kier alpha value is -1.85. The van der Waals surface area contributed by atoms with Crippen LogP contribution < -0.4 is 16.4 Å². The summed E-state index contributed by atoms with van der Waals surface area (Å²) in [7, 11) is 0. The van der Waals surface area contributed by atoms with Gasteiger partial charge in [-0.25, -0.2) is 8.78 Å². The molecule has 1 amide bonds. The van der Waals surface area contributed by atoms with Crippen molar-refractivity contribution in [3.05, 3.63) is 23.8 Å². The molecule has 0 unspecified atom stereocenters. The summed E-state index contributed by atoms with van der Waals surface area (Å²) in [5.74, 6) is -3.37. The first kappa shape index (κ1) is 12.6.